The van der Waals surface area contributed by atoms with E-state index in [-0.39, 0.29) is 0 Å². The molecule has 66 valence electrons. The summed E-state index contributed by atoms with van der Waals surface area (Å²) in [7, 11) is 1.60. The average molecular weight is 176 g/mol. The van der Waals surface area contributed by atoms with Crippen molar-refractivity contribution < 1.29 is 9.15 Å². The zero-order valence-corrected chi connectivity index (χ0v) is 7.10. The minimum Gasteiger partial charge on any atom is -0.495 e. The van der Waals surface area contributed by atoms with Crippen molar-refractivity contribution in [3.05, 3.63) is 30.8 Å². The third-order valence-corrected chi connectivity index (χ3v) is 1.62. The van der Waals surface area contributed by atoms with Crippen LogP contribution in [0.1, 0.15) is 0 Å². The molecule has 2 aromatic rings. The molecule has 0 N–H and O–H groups in total. The highest BCUT2D eigenvalue weighted by Crippen LogP contribution is 2.16. The van der Waals surface area contributed by atoms with Crippen LogP contribution in [0.15, 0.2) is 35.2 Å². The van der Waals surface area contributed by atoms with Gasteiger partial charge in [0.1, 0.15) is 17.7 Å². The van der Waals surface area contributed by atoms with Gasteiger partial charge in [-0.05, 0) is 12.1 Å². The summed E-state index contributed by atoms with van der Waals surface area (Å²) in [6.07, 6.45) is 4.72. The molecule has 0 saturated carbocycles. The first-order valence-corrected chi connectivity index (χ1v) is 3.80. The van der Waals surface area contributed by atoms with Crippen LogP contribution in [0.25, 0.3) is 11.6 Å². The van der Waals surface area contributed by atoms with Crippen LogP contribution < -0.4 is 4.74 Å². The molecule has 2 aromatic heterocycles. The highest BCUT2D eigenvalue weighted by atomic mass is 16.5. The Bertz CT molecular complexity index is 367. The summed E-state index contributed by atoms with van der Waals surface area (Å²) < 4.78 is 10.1. The van der Waals surface area contributed by atoms with Crippen LogP contribution in [-0.2, 0) is 0 Å². The zero-order valence-electron chi connectivity index (χ0n) is 7.10. The quantitative estimate of drug-likeness (QED) is 0.699. The third-order valence-electron chi connectivity index (χ3n) is 1.62. The molecule has 0 fully saturated rings. The zero-order chi connectivity index (χ0) is 9.10. The van der Waals surface area contributed by atoms with Crippen molar-refractivity contribution in [2.24, 2.45) is 0 Å². The predicted molar refractivity (Wildman–Crippen MR) is 46.3 cm³/mol. The lowest BCUT2D eigenvalue weighted by molar-refractivity contribution is 0.413. The van der Waals surface area contributed by atoms with E-state index in [4.69, 9.17) is 9.15 Å². The van der Waals surface area contributed by atoms with Crippen molar-refractivity contribution >= 4 is 0 Å². The van der Waals surface area contributed by atoms with Gasteiger partial charge in [-0.25, -0.2) is 9.97 Å². The molecule has 0 radical (unpaired) electrons. The summed E-state index contributed by atoms with van der Waals surface area (Å²) >= 11 is 0. The number of ether oxygens (including phenoxy) is 1. The van der Waals surface area contributed by atoms with Crippen LogP contribution in [-0.4, -0.2) is 17.1 Å². The van der Waals surface area contributed by atoms with Gasteiger partial charge < -0.3 is 9.15 Å². The maximum Gasteiger partial charge on any atom is 0.244 e. The van der Waals surface area contributed by atoms with Gasteiger partial charge in [-0.2, -0.15) is 0 Å². The first-order valence-electron chi connectivity index (χ1n) is 3.80. The lowest BCUT2D eigenvalue weighted by atomic mass is 10.3. The van der Waals surface area contributed by atoms with Crippen molar-refractivity contribution in [1.82, 2.24) is 9.97 Å². The summed E-state index contributed by atoms with van der Waals surface area (Å²) in [6, 6.07) is 3.61. The fraction of sp³-hybridized carbons (Fsp3) is 0.111. The SMILES string of the molecule is COc1ccc(-c2ncco2)nc1. The highest BCUT2D eigenvalue weighted by Gasteiger charge is 2.02. The van der Waals surface area contributed by atoms with E-state index >= 15 is 0 Å². The number of hydrogen-bond acceptors (Lipinski definition) is 4. The normalized spacial score (nSPS) is 9.92. The fourth-order valence-electron chi connectivity index (χ4n) is 0.977. The van der Waals surface area contributed by atoms with Gasteiger partial charge in [0.2, 0.25) is 5.89 Å². The first-order chi connectivity index (χ1) is 6.40. The largest absolute Gasteiger partial charge is 0.495 e. The Kier molecular flexibility index (Phi) is 1.96. The lowest BCUT2D eigenvalue weighted by Gasteiger charge is -1.98. The summed E-state index contributed by atoms with van der Waals surface area (Å²) in [6.45, 7) is 0. The summed E-state index contributed by atoms with van der Waals surface area (Å²) in [5.74, 6) is 1.23. The van der Waals surface area contributed by atoms with Gasteiger partial charge in [0.25, 0.3) is 0 Å². The van der Waals surface area contributed by atoms with Gasteiger partial charge in [0.15, 0.2) is 0 Å². The van der Waals surface area contributed by atoms with Crippen molar-refractivity contribution in [2.75, 3.05) is 7.11 Å². The molecule has 0 amide bonds. The molecule has 4 heteroatoms. The third kappa shape index (κ3) is 1.51. The summed E-state index contributed by atoms with van der Waals surface area (Å²) in [5.41, 5.74) is 0.700. The van der Waals surface area contributed by atoms with Gasteiger partial charge in [0, 0.05) is 0 Å². The highest BCUT2D eigenvalue weighted by molar-refractivity contribution is 5.47. The second-order valence-electron chi connectivity index (χ2n) is 2.42. The Labute approximate surface area is 75.2 Å². The van der Waals surface area contributed by atoms with Crippen LogP contribution in [0, 0.1) is 0 Å². The summed E-state index contributed by atoms with van der Waals surface area (Å²) in [5, 5.41) is 0. The van der Waals surface area contributed by atoms with E-state index in [2.05, 4.69) is 9.97 Å². The number of nitrogens with zero attached hydrogens (tertiary/aromatic N) is 2. The summed E-state index contributed by atoms with van der Waals surface area (Å²) in [4.78, 5) is 8.08. The number of hydrogen-bond donors (Lipinski definition) is 0. The molecule has 0 aliphatic rings. The number of pyridine rings is 1. The van der Waals surface area contributed by atoms with Gasteiger partial charge in [-0.1, -0.05) is 0 Å². The molecule has 0 bridgehead atoms. The molecule has 13 heavy (non-hydrogen) atoms. The van der Waals surface area contributed by atoms with Crippen LogP contribution in [0.2, 0.25) is 0 Å². The number of rotatable bonds is 2. The number of aromatic nitrogens is 2. The Hall–Kier alpha value is -1.84. The van der Waals surface area contributed by atoms with E-state index in [9.17, 15) is 0 Å². The molecule has 0 saturated heterocycles. The van der Waals surface area contributed by atoms with E-state index in [1.807, 2.05) is 6.07 Å². The maximum atomic E-state index is 5.08. The number of methoxy groups -OCH3 is 1. The predicted octanol–water partition coefficient (Wildman–Crippen LogP) is 1.75. The Morgan fingerprint density at radius 2 is 2.23 bits per heavy atom. The molecular formula is C9H8N2O2. The molecule has 0 aliphatic heterocycles. The number of oxazole rings is 1. The van der Waals surface area contributed by atoms with Crippen LogP contribution in [0.4, 0.5) is 0 Å². The van der Waals surface area contributed by atoms with Crippen LogP contribution >= 0.6 is 0 Å². The van der Waals surface area contributed by atoms with Crippen molar-refractivity contribution in [2.45, 2.75) is 0 Å². The monoisotopic (exact) mass is 176 g/mol. The lowest BCUT2D eigenvalue weighted by Crippen LogP contribution is -1.86. The van der Waals surface area contributed by atoms with Gasteiger partial charge >= 0.3 is 0 Å². The van der Waals surface area contributed by atoms with E-state index in [1.54, 1.807) is 25.6 Å². The van der Waals surface area contributed by atoms with Gasteiger partial charge in [-0.15, -0.1) is 0 Å². The molecular weight excluding hydrogens is 168 g/mol. The topological polar surface area (TPSA) is 48.2 Å². The molecule has 2 rings (SSSR count). The van der Waals surface area contributed by atoms with Gasteiger partial charge in [0.05, 0.1) is 19.5 Å². The second-order valence-corrected chi connectivity index (χ2v) is 2.42. The average Bonchev–Trinajstić information content (AvgIpc) is 2.71. The van der Waals surface area contributed by atoms with Crippen LogP contribution in [0.3, 0.4) is 0 Å². The molecule has 0 atom stereocenters. The molecule has 0 aromatic carbocycles. The van der Waals surface area contributed by atoms with Crippen molar-refractivity contribution in [1.29, 1.82) is 0 Å². The smallest absolute Gasteiger partial charge is 0.244 e. The minimum atomic E-state index is 0.516. The van der Waals surface area contributed by atoms with Gasteiger partial charge in [-0.3, -0.25) is 0 Å². The molecule has 0 aliphatic carbocycles. The Morgan fingerprint density at radius 3 is 2.77 bits per heavy atom. The molecule has 4 nitrogen and oxygen atoms in total. The molecule has 2 heterocycles. The minimum absolute atomic E-state index is 0.516. The van der Waals surface area contributed by atoms with Crippen LogP contribution in [0.5, 0.6) is 5.75 Å². The molecule has 0 spiro atoms. The fourth-order valence-corrected chi connectivity index (χ4v) is 0.977. The first kappa shape index (κ1) is 7.79. The van der Waals surface area contributed by atoms with E-state index < -0.39 is 0 Å². The molecule has 0 unspecified atom stereocenters. The second kappa shape index (κ2) is 3.26. The Balaban J connectivity index is 2.33. The van der Waals surface area contributed by atoms with Crippen molar-refractivity contribution in [3.63, 3.8) is 0 Å². The van der Waals surface area contributed by atoms with E-state index in [0.29, 0.717) is 11.6 Å². The standard InChI is InChI=1S/C9H8N2O2/c1-12-7-2-3-8(11-6-7)9-10-4-5-13-9/h2-6H,1H3. The van der Waals surface area contributed by atoms with Crippen molar-refractivity contribution in [3.8, 4) is 17.3 Å². The van der Waals surface area contributed by atoms with E-state index in [1.165, 1.54) is 6.26 Å². The van der Waals surface area contributed by atoms with E-state index in [0.717, 1.165) is 5.75 Å². The maximum absolute atomic E-state index is 5.08. The Morgan fingerprint density at radius 1 is 1.31 bits per heavy atom.